The van der Waals surface area contributed by atoms with E-state index in [1.165, 1.54) is 0 Å². The Kier molecular flexibility index (Phi) is 7.42. The molecular formula is C29H35F3N8O3S. The Balaban J connectivity index is 1.28. The SMILES string of the molecule is O=S(=O)(Nc1ccc2c(c1)N1CCC(C(F)(F)F)(CC1)OCCCC1CCCN(C1)c1nccc(n1)-c1cn-2nn1)C1CC1. The fourth-order valence-corrected chi connectivity index (χ4v) is 7.92. The molecule has 2 aromatic heterocycles. The van der Waals surface area contributed by atoms with Crippen molar-refractivity contribution in [2.45, 2.75) is 68.4 Å². The molecule has 11 nitrogen and oxygen atoms in total. The summed E-state index contributed by atoms with van der Waals surface area (Å²) in [5.74, 6) is 0.899. The van der Waals surface area contributed by atoms with Gasteiger partial charge in [0.1, 0.15) is 5.69 Å². The van der Waals surface area contributed by atoms with Crippen LogP contribution in [0.3, 0.4) is 0 Å². The third kappa shape index (κ3) is 5.71. The number of hydrogen-bond acceptors (Lipinski definition) is 9. The Labute approximate surface area is 253 Å². The molecule has 1 aromatic carbocycles. The van der Waals surface area contributed by atoms with Gasteiger partial charge in [-0.2, -0.15) is 13.2 Å². The van der Waals surface area contributed by atoms with E-state index in [1.807, 2.05) is 4.90 Å². The quantitative estimate of drug-likeness (QED) is 0.444. The number of alkyl halides is 3. The summed E-state index contributed by atoms with van der Waals surface area (Å²) in [6.45, 7) is 1.71. The molecule has 3 fully saturated rings. The van der Waals surface area contributed by atoms with Gasteiger partial charge in [0.05, 0.1) is 34.2 Å². The Bertz CT molecular complexity index is 1620. The second-order valence-electron chi connectivity index (χ2n) is 12.3. The highest BCUT2D eigenvalue weighted by Gasteiger charge is 2.57. The van der Waals surface area contributed by atoms with Crippen LogP contribution in [0.25, 0.3) is 17.1 Å². The van der Waals surface area contributed by atoms with Gasteiger partial charge in [0.25, 0.3) is 0 Å². The number of benzene rings is 1. The highest BCUT2D eigenvalue weighted by molar-refractivity contribution is 7.93. The summed E-state index contributed by atoms with van der Waals surface area (Å²) in [5.41, 5.74) is 0.354. The molecule has 1 aliphatic carbocycles. The summed E-state index contributed by atoms with van der Waals surface area (Å²) in [5, 5.41) is 8.28. The monoisotopic (exact) mass is 632 g/mol. The third-order valence-electron chi connectivity index (χ3n) is 9.21. The number of hydrogen-bond donors (Lipinski definition) is 1. The Morgan fingerprint density at radius 1 is 0.955 bits per heavy atom. The molecule has 236 valence electrons. The first kappa shape index (κ1) is 29.3. The van der Waals surface area contributed by atoms with Gasteiger partial charge in [0.2, 0.25) is 16.0 Å². The van der Waals surface area contributed by atoms with Gasteiger partial charge in [-0.05, 0) is 68.7 Å². The van der Waals surface area contributed by atoms with E-state index in [1.54, 1.807) is 41.3 Å². The van der Waals surface area contributed by atoms with Gasteiger partial charge in [-0.25, -0.2) is 23.1 Å². The zero-order chi connectivity index (χ0) is 30.5. The van der Waals surface area contributed by atoms with E-state index in [4.69, 9.17) is 9.72 Å². The van der Waals surface area contributed by atoms with Crippen molar-refractivity contribution < 1.29 is 26.3 Å². The number of nitrogens with one attached hydrogen (secondary N) is 1. The van der Waals surface area contributed by atoms with Crippen LogP contribution >= 0.6 is 0 Å². The molecule has 1 N–H and O–H groups in total. The average Bonchev–Trinajstić information content (AvgIpc) is 3.77. The maximum absolute atomic E-state index is 14.5. The lowest BCUT2D eigenvalue weighted by atomic mass is 9.89. The molecule has 1 unspecified atom stereocenters. The van der Waals surface area contributed by atoms with E-state index in [0.29, 0.717) is 59.6 Å². The minimum absolute atomic E-state index is 0.0348. The molecule has 6 heterocycles. The Hall–Kier alpha value is -3.46. The van der Waals surface area contributed by atoms with Gasteiger partial charge in [0, 0.05) is 51.8 Å². The molecule has 8 rings (SSSR count). The number of rotatable bonds is 3. The van der Waals surface area contributed by atoms with Crippen molar-refractivity contribution in [2.75, 3.05) is 47.3 Å². The lowest BCUT2D eigenvalue weighted by molar-refractivity contribution is -0.284. The highest BCUT2D eigenvalue weighted by atomic mass is 32.2. The van der Waals surface area contributed by atoms with E-state index in [0.717, 1.165) is 32.4 Å². The number of nitrogens with zero attached hydrogens (tertiary/aromatic N) is 7. The standard InChI is InChI=1S/C29H35F3N8O3S/c30-29(31,32)28-10-14-38(15-11-28)26-17-21(36-44(41,42)22-6-7-22)5-8-25(26)40-19-24(35-37-40)23-9-12-33-27(34-23)39-13-1-3-20(18-39)4-2-16-43-28/h5,8-9,12,17,19-20,22,36H,1-4,6-7,10-11,13-16,18H2. The highest BCUT2D eigenvalue weighted by Crippen LogP contribution is 2.44. The summed E-state index contributed by atoms with van der Waals surface area (Å²) < 4.78 is 79.0. The second kappa shape index (κ2) is 11.2. The van der Waals surface area contributed by atoms with Gasteiger partial charge in [-0.1, -0.05) is 5.21 Å². The molecule has 1 atom stereocenters. The molecule has 1 saturated carbocycles. The molecule has 4 aliphatic heterocycles. The van der Waals surface area contributed by atoms with Crippen LogP contribution in [0.2, 0.25) is 0 Å². The first-order chi connectivity index (χ1) is 21.1. The first-order valence-electron chi connectivity index (χ1n) is 15.2. The number of aromatic nitrogens is 5. The fraction of sp³-hybridized carbons (Fsp3) is 0.586. The molecule has 15 heteroatoms. The van der Waals surface area contributed by atoms with Crippen molar-refractivity contribution in [3.63, 3.8) is 0 Å². The van der Waals surface area contributed by atoms with Gasteiger partial charge in [-0.3, -0.25) is 4.72 Å². The van der Waals surface area contributed by atoms with Gasteiger partial charge >= 0.3 is 6.18 Å². The average molecular weight is 633 g/mol. The molecule has 0 amide bonds. The lowest BCUT2D eigenvalue weighted by Gasteiger charge is -2.43. The van der Waals surface area contributed by atoms with Crippen LogP contribution in [-0.2, 0) is 14.8 Å². The van der Waals surface area contributed by atoms with Crippen LogP contribution in [-0.4, -0.2) is 83.2 Å². The van der Waals surface area contributed by atoms with E-state index in [9.17, 15) is 21.6 Å². The minimum Gasteiger partial charge on any atom is -0.369 e. The van der Waals surface area contributed by atoms with Crippen molar-refractivity contribution in [1.29, 1.82) is 0 Å². The molecule has 5 aliphatic rings. The smallest absolute Gasteiger partial charge is 0.369 e. The van der Waals surface area contributed by atoms with Gasteiger partial charge in [0.15, 0.2) is 5.60 Å². The molecular weight excluding hydrogens is 597 g/mol. The number of halogens is 3. The summed E-state index contributed by atoms with van der Waals surface area (Å²) in [7, 11) is -3.55. The molecule has 2 saturated heterocycles. The van der Waals surface area contributed by atoms with Crippen LogP contribution in [0.15, 0.2) is 36.7 Å². The topological polar surface area (TPSA) is 118 Å². The summed E-state index contributed by atoms with van der Waals surface area (Å²) in [6, 6.07) is 6.79. The van der Waals surface area contributed by atoms with Crippen molar-refractivity contribution in [2.24, 2.45) is 5.92 Å². The van der Waals surface area contributed by atoms with Crippen LogP contribution in [0.5, 0.6) is 0 Å². The molecule has 3 aromatic rings. The van der Waals surface area contributed by atoms with Gasteiger partial charge in [-0.15, -0.1) is 5.10 Å². The van der Waals surface area contributed by atoms with Gasteiger partial charge < -0.3 is 14.5 Å². The largest absolute Gasteiger partial charge is 0.417 e. The molecule has 0 spiro atoms. The fourth-order valence-electron chi connectivity index (χ4n) is 6.54. The number of anilines is 3. The van der Waals surface area contributed by atoms with Crippen LogP contribution in [0.1, 0.15) is 51.4 Å². The van der Waals surface area contributed by atoms with E-state index >= 15 is 0 Å². The first-order valence-corrected chi connectivity index (χ1v) is 16.8. The maximum Gasteiger partial charge on any atom is 0.417 e. The van der Waals surface area contributed by atoms with E-state index in [2.05, 4.69) is 24.9 Å². The number of sulfonamides is 1. The zero-order valence-corrected chi connectivity index (χ0v) is 25.0. The third-order valence-corrected chi connectivity index (χ3v) is 11.1. The van der Waals surface area contributed by atoms with Crippen molar-refractivity contribution >= 4 is 27.3 Å². The van der Waals surface area contributed by atoms with Crippen molar-refractivity contribution in [3.05, 3.63) is 36.7 Å². The predicted molar refractivity (Wildman–Crippen MR) is 158 cm³/mol. The summed E-state index contributed by atoms with van der Waals surface area (Å²) in [4.78, 5) is 13.3. The molecule has 0 radical (unpaired) electrons. The molecule has 44 heavy (non-hydrogen) atoms. The van der Waals surface area contributed by atoms with Crippen LogP contribution in [0.4, 0.5) is 30.5 Å². The zero-order valence-electron chi connectivity index (χ0n) is 24.2. The van der Waals surface area contributed by atoms with E-state index in [-0.39, 0.29) is 32.5 Å². The lowest BCUT2D eigenvalue weighted by Crippen LogP contribution is -2.55. The Morgan fingerprint density at radius 3 is 2.52 bits per heavy atom. The summed E-state index contributed by atoms with van der Waals surface area (Å²) >= 11 is 0. The van der Waals surface area contributed by atoms with Crippen molar-refractivity contribution in [3.8, 4) is 17.1 Å². The number of piperidine rings is 2. The predicted octanol–water partition coefficient (Wildman–Crippen LogP) is 4.56. The van der Waals surface area contributed by atoms with Crippen molar-refractivity contribution in [1.82, 2.24) is 25.0 Å². The minimum atomic E-state index is -4.52. The second-order valence-corrected chi connectivity index (χ2v) is 14.2. The van der Waals surface area contributed by atoms with Crippen LogP contribution < -0.4 is 14.5 Å². The number of fused-ring (bicyclic) bond motifs is 5. The van der Waals surface area contributed by atoms with Crippen LogP contribution in [0, 0.1) is 5.92 Å². The normalized spacial score (nSPS) is 24.7. The Morgan fingerprint density at radius 2 is 1.75 bits per heavy atom. The molecule has 8 bridgehead atoms. The maximum atomic E-state index is 14.5. The number of ether oxygens (including phenoxy) is 1. The van der Waals surface area contributed by atoms with E-state index < -0.39 is 27.1 Å². The summed E-state index contributed by atoms with van der Waals surface area (Å²) in [6.07, 6.45) is 2.88.